The van der Waals surface area contributed by atoms with E-state index < -0.39 is 0 Å². The second-order valence-corrected chi connectivity index (χ2v) is 6.66. The van der Waals surface area contributed by atoms with Crippen molar-refractivity contribution in [3.05, 3.63) is 54.6 Å². The van der Waals surface area contributed by atoms with Gasteiger partial charge in [0.15, 0.2) is 5.82 Å². The summed E-state index contributed by atoms with van der Waals surface area (Å²) < 4.78 is 0. The Balaban J connectivity index is 1.84. The Labute approximate surface area is 142 Å². The van der Waals surface area contributed by atoms with Crippen molar-refractivity contribution in [3.63, 3.8) is 0 Å². The maximum absolute atomic E-state index is 4.62. The predicted octanol–water partition coefficient (Wildman–Crippen LogP) is 3.48. The van der Waals surface area contributed by atoms with Gasteiger partial charge in [-0.2, -0.15) is 0 Å². The molecular weight excluding hydrogens is 296 g/mol. The fourth-order valence-electron chi connectivity index (χ4n) is 3.63. The molecule has 2 atom stereocenters. The maximum atomic E-state index is 4.62. The van der Waals surface area contributed by atoms with Crippen molar-refractivity contribution < 1.29 is 0 Å². The van der Waals surface area contributed by atoms with Crippen LogP contribution in [0.5, 0.6) is 0 Å². The quantitative estimate of drug-likeness (QED) is 0.785. The first kappa shape index (κ1) is 15.1. The second-order valence-electron chi connectivity index (χ2n) is 6.66. The lowest BCUT2D eigenvalue weighted by molar-refractivity contribution is 0.405. The minimum atomic E-state index is 0.447. The van der Waals surface area contributed by atoms with E-state index in [0.29, 0.717) is 12.1 Å². The number of hydrogen-bond donors (Lipinski definition) is 1. The number of hydrogen-bond acceptors (Lipinski definition) is 4. The molecular formula is C20H22N4. The number of nitrogens with one attached hydrogen (secondary N) is 1. The monoisotopic (exact) mass is 318 g/mol. The maximum Gasteiger partial charge on any atom is 0.159 e. The molecule has 4 rings (SSSR count). The largest absolute Gasteiger partial charge is 0.352 e. The average molecular weight is 318 g/mol. The summed E-state index contributed by atoms with van der Waals surface area (Å²) in [4.78, 5) is 2.36. The molecule has 3 aromatic rings. The number of nitrogens with zero attached hydrogens (tertiary/aromatic N) is 3. The van der Waals surface area contributed by atoms with Crippen molar-refractivity contribution in [3.8, 4) is 11.3 Å². The molecule has 1 N–H and O–H groups in total. The Morgan fingerprint density at radius 2 is 1.46 bits per heavy atom. The van der Waals surface area contributed by atoms with E-state index in [9.17, 15) is 0 Å². The van der Waals surface area contributed by atoms with Gasteiger partial charge in [0.1, 0.15) is 5.69 Å². The molecule has 122 valence electrons. The van der Waals surface area contributed by atoms with Gasteiger partial charge in [-0.25, -0.2) is 0 Å². The zero-order valence-electron chi connectivity index (χ0n) is 14.1. The van der Waals surface area contributed by atoms with Crippen LogP contribution in [0.2, 0.25) is 0 Å². The van der Waals surface area contributed by atoms with Gasteiger partial charge in [-0.3, -0.25) is 0 Å². The van der Waals surface area contributed by atoms with E-state index in [0.717, 1.165) is 35.6 Å². The smallest absolute Gasteiger partial charge is 0.159 e. The summed E-state index contributed by atoms with van der Waals surface area (Å²) in [6, 6.07) is 19.6. The molecule has 2 aromatic carbocycles. The fraction of sp³-hybridized carbons (Fsp3) is 0.300. The molecule has 4 nitrogen and oxygen atoms in total. The standard InChI is InChI=1S/C20H22N4/c1-14-12-24(13-15(2)21-14)20-18-11-7-6-10-17(18)19(22-23-20)16-8-4-3-5-9-16/h3-11,14-15,21H,12-13H2,1-2H3. The molecule has 1 saturated heterocycles. The number of aromatic nitrogens is 2. The first-order valence-electron chi connectivity index (χ1n) is 8.54. The van der Waals surface area contributed by atoms with E-state index in [-0.39, 0.29) is 0 Å². The van der Waals surface area contributed by atoms with Gasteiger partial charge in [-0.15, -0.1) is 10.2 Å². The highest BCUT2D eigenvalue weighted by molar-refractivity contribution is 6.00. The molecule has 0 amide bonds. The van der Waals surface area contributed by atoms with Crippen LogP contribution in [0.25, 0.3) is 22.0 Å². The average Bonchev–Trinajstić information content (AvgIpc) is 2.60. The summed E-state index contributed by atoms with van der Waals surface area (Å²) in [6.07, 6.45) is 0. The highest BCUT2D eigenvalue weighted by atomic mass is 15.3. The number of benzene rings is 2. The normalized spacial score (nSPS) is 21.2. The van der Waals surface area contributed by atoms with Gasteiger partial charge in [0.05, 0.1) is 0 Å². The van der Waals surface area contributed by atoms with E-state index in [1.165, 1.54) is 5.39 Å². The Morgan fingerprint density at radius 3 is 2.17 bits per heavy atom. The Hall–Kier alpha value is -2.46. The summed E-state index contributed by atoms with van der Waals surface area (Å²) in [7, 11) is 0. The van der Waals surface area contributed by atoms with Crippen molar-refractivity contribution in [2.75, 3.05) is 18.0 Å². The molecule has 1 aliphatic rings. The zero-order chi connectivity index (χ0) is 16.5. The van der Waals surface area contributed by atoms with Crippen LogP contribution in [0.1, 0.15) is 13.8 Å². The third-order valence-corrected chi connectivity index (χ3v) is 4.57. The van der Waals surface area contributed by atoms with Crippen LogP contribution in [0.15, 0.2) is 54.6 Å². The molecule has 0 bridgehead atoms. The lowest BCUT2D eigenvalue weighted by Crippen LogP contribution is -2.54. The first-order valence-corrected chi connectivity index (χ1v) is 8.54. The first-order chi connectivity index (χ1) is 11.7. The Bertz CT molecular complexity index is 837. The number of fused-ring (bicyclic) bond motifs is 1. The molecule has 2 unspecified atom stereocenters. The summed E-state index contributed by atoms with van der Waals surface area (Å²) in [5.41, 5.74) is 2.06. The summed E-state index contributed by atoms with van der Waals surface area (Å²) >= 11 is 0. The lowest BCUT2D eigenvalue weighted by atomic mass is 10.0. The lowest BCUT2D eigenvalue weighted by Gasteiger charge is -2.37. The van der Waals surface area contributed by atoms with Crippen molar-refractivity contribution >= 4 is 16.6 Å². The topological polar surface area (TPSA) is 41.1 Å². The third kappa shape index (κ3) is 2.74. The van der Waals surface area contributed by atoms with Gasteiger partial charge < -0.3 is 10.2 Å². The van der Waals surface area contributed by atoms with Gasteiger partial charge in [-0.05, 0) is 13.8 Å². The molecule has 0 spiro atoms. The summed E-state index contributed by atoms with van der Waals surface area (Å²) in [5.74, 6) is 0.991. The molecule has 1 fully saturated rings. The molecule has 0 aliphatic carbocycles. The number of anilines is 1. The highest BCUT2D eigenvalue weighted by Gasteiger charge is 2.24. The van der Waals surface area contributed by atoms with Crippen LogP contribution in [-0.4, -0.2) is 35.4 Å². The van der Waals surface area contributed by atoms with Crippen molar-refractivity contribution in [1.29, 1.82) is 0 Å². The molecule has 2 heterocycles. The SMILES string of the molecule is CC1CN(c2nnc(-c3ccccc3)c3ccccc23)CC(C)N1. The second kappa shape index (κ2) is 6.21. The minimum absolute atomic E-state index is 0.447. The van der Waals surface area contributed by atoms with Gasteiger partial charge >= 0.3 is 0 Å². The van der Waals surface area contributed by atoms with Gasteiger partial charge in [-0.1, -0.05) is 54.6 Å². The van der Waals surface area contributed by atoms with E-state index >= 15 is 0 Å². The molecule has 0 saturated carbocycles. The molecule has 24 heavy (non-hydrogen) atoms. The van der Waals surface area contributed by atoms with E-state index in [1.54, 1.807) is 0 Å². The molecule has 0 radical (unpaired) electrons. The van der Waals surface area contributed by atoms with Crippen molar-refractivity contribution in [2.24, 2.45) is 0 Å². The summed E-state index contributed by atoms with van der Waals surface area (Å²) in [5, 5.41) is 15.1. The Morgan fingerprint density at radius 1 is 0.833 bits per heavy atom. The highest BCUT2D eigenvalue weighted by Crippen LogP contribution is 2.31. The van der Waals surface area contributed by atoms with Crippen LogP contribution >= 0.6 is 0 Å². The number of piperazine rings is 1. The van der Waals surface area contributed by atoms with E-state index in [2.05, 4.69) is 70.7 Å². The minimum Gasteiger partial charge on any atom is -0.352 e. The Kier molecular flexibility index (Phi) is 3.90. The van der Waals surface area contributed by atoms with Gasteiger partial charge in [0, 0.05) is 41.5 Å². The van der Waals surface area contributed by atoms with Gasteiger partial charge in [0.25, 0.3) is 0 Å². The summed E-state index contributed by atoms with van der Waals surface area (Å²) in [6.45, 7) is 6.34. The van der Waals surface area contributed by atoms with Crippen molar-refractivity contribution in [1.82, 2.24) is 15.5 Å². The van der Waals surface area contributed by atoms with Crippen LogP contribution in [0, 0.1) is 0 Å². The molecule has 1 aromatic heterocycles. The number of rotatable bonds is 2. The zero-order valence-corrected chi connectivity index (χ0v) is 14.1. The van der Waals surface area contributed by atoms with Crippen LogP contribution in [0.4, 0.5) is 5.82 Å². The van der Waals surface area contributed by atoms with Crippen LogP contribution in [-0.2, 0) is 0 Å². The van der Waals surface area contributed by atoms with Crippen LogP contribution in [0.3, 0.4) is 0 Å². The van der Waals surface area contributed by atoms with Gasteiger partial charge in [0.2, 0.25) is 0 Å². The molecule has 4 heteroatoms. The van der Waals surface area contributed by atoms with E-state index in [4.69, 9.17) is 0 Å². The molecule has 1 aliphatic heterocycles. The predicted molar refractivity (Wildman–Crippen MR) is 99.2 cm³/mol. The van der Waals surface area contributed by atoms with Crippen molar-refractivity contribution in [2.45, 2.75) is 25.9 Å². The van der Waals surface area contributed by atoms with E-state index in [1.807, 2.05) is 18.2 Å². The third-order valence-electron chi connectivity index (χ3n) is 4.57. The fourth-order valence-corrected chi connectivity index (χ4v) is 3.63. The van der Waals surface area contributed by atoms with Crippen LogP contribution < -0.4 is 10.2 Å².